The lowest BCUT2D eigenvalue weighted by molar-refractivity contribution is 0.283. The average Bonchev–Trinajstić information content (AvgIpc) is 2.77. The minimum absolute atomic E-state index is 0.0642. The van der Waals surface area contributed by atoms with E-state index >= 15 is 0 Å². The molecule has 1 aromatic carbocycles. The highest BCUT2D eigenvalue weighted by molar-refractivity contribution is 5.83. The third-order valence-electron chi connectivity index (χ3n) is 3.35. The van der Waals surface area contributed by atoms with E-state index in [0.717, 1.165) is 28.7 Å². The van der Waals surface area contributed by atoms with Crippen LogP contribution in [0.5, 0.6) is 0 Å². The fourth-order valence-electron chi connectivity index (χ4n) is 2.44. The SMILES string of the molecule is Cc1ccnc(Cn2cc(CO)c3ccccc32)c1. The van der Waals surface area contributed by atoms with Gasteiger partial charge in [-0.05, 0) is 30.7 Å². The molecule has 0 saturated heterocycles. The summed E-state index contributed by atoms with van der Waals surface area (Å²) in [4.78, 5) is 4.39. The largest absolute Gasteiger partial charge is 0.392 e. The molecule has 0 aliphatic rings. The van der Waals surface area contributed by atoms with Crippen molar-refractivity contribution in [2.24, 2.45) is 0 Å². The number of aliphatic hydroxyl groups excluding tert-OH is 1. The van der Waals surface area contributed by atoms with Gasteiger partial charge in [-0.15, -0.1) is 0 Å². The van der Waals surface area contributed by atoms with Crippen LogP contribution in [0.15, 0.2) is 48.8 Å². The molecule has 0 fully saturated rings. The smallest absolute Gasteiger partial charge is 0.0702 e. The molecule has 2 heterocycles. The Kier molecular flexibility index (Phi) is 3.05. The summed E-state index contributed by atoms with van der Waals surface area (Å²) < 4.78 is 2.14. The summed E-state index contributed by atoms with van der Waals surface area (Å²) in [5.41, 5.74) is 4.34. The van der Waals surface area contributed by atoms with Gasteiger partial charge in [0, 0.05) is 28.9 Å². The van der Waals surface area contributed by atoms with E-state index in [4.69, 9.17) is 0 Å². The molecule has 19 heavy (non-hydrogen) atoms. The summed E-state index contributed by atoms with van der Waals surface area (Å²) in [7, 11) is 0. The van der Waals surface area contributed by atoms with Crippen molar-refractivity contribution in [3.8, 4) is 0 Å². The van der Waals surface area contributed by atoms with Gasteiger partial charge in [0.1, 0.15) is 0 Å². The number of aryl methyl sites for hydroxylation is 1. The first-order valence-corrected chi connectivity index (χ1v) is 6.37. The second kappa shape index (κ2) is 4.86. The number of para-hydroxylation sites is 1. The first kappa shape index (κ1) is 11.9. The van der Waals surface area contributed by atoms with E-state index < -0.39 is 0 Å². The van der Waals surface area contributed by atoms with Gasteiger partial charge in [0.2, 0.25) is 0 Å². The molecule has 3 nitrogen and oxygen atoms in total. The van der Waals surface area contributed by atoms with E-state index in [1.54, 1.807) is 0 Å². The van der Waals surface area contributed by atoms with Crippen LogP contribution in [0.25, 0.3) is 10.9 Å². The van der Waals surface area contributed by atoms with Crippen molar-refractivity contribution >= 4 is 10.9 Å². The molecule has 0 radical (unpaired) electrons. The van der Waals surface area contributed by atoms with Crippen molar-refractivity contribution in [3.63, 3.8) is 0 Å². The zero-order chi connectivity index (χ0) is 13.2. The van der Waals surface area contributed by atoms with Crippen molar-refractivity contribution in [1.82, 2.24) is 9.55 Å². The summed E-state index contributed by atoms with van der Waals surface area (Å²) in [5, 5.41) is 10.5. The molecule has 3 rings (SSSR count). The molecular formula is C16H16N2O. The van der Waals surface area contributed by atoms with Crippen LogP contribution in [0.1, 0.15) is 16.8 Å². The Morgan fingerprint density at radius 2 is 2.05 bits per heavy atom. The molecule has 0 atom stereocenters. The number of benzene rings is 1. The molecule has 1 N–H and O–H groups in total. The molecule has 0 aliphatic heterocycles. The Morgan fingerprint density at radius 1 is 1.21 bits per heavy atom. The zero-order valence-corrected chi connectivity index (χ0v) is 10.9. The van der Waals surface area contributed by atoms with Crippen LogP contribution in [0, 0.1) is 6.92 Å². The van der Waals surface area contributed by atoms with E-state index in [1.807, 2.05) is 36.7 Å². The van der Waals surface area contributed by atoms with Crippen LogP contribution in [-0.4, -0.2) is 14.7 Å². The van der Waals surface area contributed by atoms with Crippen molar-refractivity contribution in [1.29, 1.82) is 0 Å². The topological polar surface area (TPSA) is 38.0 Å². The maximum atomic E-state index is 9.43. The van der Waals surface area contributed by atoms with Gasteiger partial charge in [-0.3, -0.25) is 4.98 Å². The van der Waals surface area contributed by atoms with Crippen molar-refractivity contribution in [2.75, 3.05) is 0 Å². The number of aliphatic hydroxyl groups is 1. The number of hydrogen-bond acceptors (Lipinski definition) is 2. The Hall–Kier alpha value is -2.13. The molecular weight excluding hydrogens is 236 g/mol. The van der Waals surface area contributed by atoms with E-state index in [2.05, 4.69) is 28.6 Å². The Balaban J connectivity index is 2.06. The first-order valence-electron chi connectivity index (χ1n) is 6.37. The van der Waals surface area contributed by atoms with Crippen molar-refractivity contribution in [2.45, 2.75) is 20.1 Å². The lowest BCUT2D eigenvalue weighted by atomic mass is 10.2. The lowest BCUT2D eigenvalue weighted by Gasteiger charge is -2.05. The molecule has 0 spiro atoms. The van der Waals surface area contributed by atoms with E-state index in [9.17, 15) is 5.11 Å². The monoisotopic (exact) mass is 252 g/mol. The van der Waals surface area contributed by atoms with Crippen LogP contribution in [-0.2, 0) is 13.2 Å². The normalized spacial score (nSPS) is 11.1. The first-order chi connectivity index (χ1) is 9.28. The number of pyridine rings is 1. The summed E-state index contributed by atoms with van der Waals surface area (Å²) in [6.07, 6.45) is 3.85. The number of hydrogen-bond donors (Lipinski definition) is 1. The maximum absolute atomic E-state index is 9.43. The molecule has 0 aliphatic carbocycles. The van der Waals surface area contributed by atoms with E-state index in [1.165, 1.54) is 5.56 Å². The molecule has 0 saturated carbocycles. The highest BCUT2D eigenvalue weighted by atomic mass is 16.3. The molecule has 0 unspecified atom stereocenters. The highest BCUT2D eigenvalue weighted by Crippen LogP contribution is 2.22. The summed E-state index contributed by atoms with van der Waals surface area (Å²) >= 11 is 0. The fourth-order valence-corrected chi connectivity index (χ4v) is 2.44. The number of aromatic nitrogens is 2. The molecule has 96 valence electrons. The second-order valence-corrected chi connectivity index (χ2v) is 4.78. The zero-order valence-electron chi connectivity index (χ0n) is 10.9. The molecule has 3 heteroatoms. The van der Waals surface area contributed by atoms with Gasteiger partial charge >= 0.3 is 0 Å². The third-order valence-corrected chi connectivity index (χ3v) is 3.35. The van der Waals surface area contributed by atoms with Crippen LogP contribution < -0.4 is 0 Å². The second-order valence-electron chi connectivity index (χ2n) is 4.78. The minimum atomic E-state index is 0.0642. The fraction of sp³-hybridized carbons (Fsp3) is 0.188. The number of rotatable bonds is 3. The minimum Gasteiger partial charge on any atom is -0.392 e. The van der Waals surface area contributed by atoms with Crippen molar-refractivity contribution in [3.05, 3.63) is 65.6 Å². The third kappa shape index (κ3) is 2.25. The average molecular weight is 252 g/mol. The predicted molar refractivity (Wildman–Crippen MR) is 75.9 cm³/mol. The molecule has 0 bridgehead atoms. The van der Waals surface area contributed by atoms with Crippen LogP contribution >= 0.6 is 0 Å². The van der Waals surface area contributed by atoms with E-state index in [0.29, 0.717) is 0 Å². The molecule has 3 aromatic rings. The van der Waals surface area contributed by atoms with Gasteiger partial charge in [0.25, 0.3) is 0 Å². The van der Waals surface area contributed by atoms with Gasteiger partial charge < -0.3 is 9.67 Å². The highest BCUT2D eigenvalue weighted by Gasteiger charge is 2.07. The van der Waals surface area contributed by atoms with Crippen LogP contribution in [0.2, 0.25) is 0 Å². The summed E-state index contributed by atoms with van der Waals surface area (Å²) in [5.74, 6) is 0. The predicted octanol–water partition coefficient (Wildman–Crippen LogP) is 2.89. The van der Waals surface area contributed by atoms with E-state index in [-0.39, 0.29) is 6.61 Å². The van der Waals surface area contributed by atoms with Gasteiger partial charge in [0.15, 0.2) is 0 Å². The number of nitrogens with zero attached hydrogens (tertiary/aromatic N) is 2. The summed E-state index contributed by atoms with van der Waals surface area (Å²) in [6, 6.07) is 12.2. The van der Waals surface area contributed by atoms with Gasteiger partial charge in [-0.1, -0.05) is 18.2 Å². The Morgan fingerprint density at radius 3 is 2.84 bits per heavy atom. The maximum Gasteiger partial charge on any atom is 0.0702 e. The van der Waals surface area contributed by atoms with Crippen molar-refractivity contribution < 1.29 is 5.11 Å². The number of fused-ring (bicyclic) bond motifs is 1. The van der Waals surface area contributed by atoms with Gasteiger partial charge in [-0.25, -0.2) is 0 Å². The Labute approximate surface area is 112 Å². The van der Waals surface area contributed by atoms with Crippen LogP contribution in [0.4, 0.5) is 0 Å². The van der Waals surface area contributed by atoms with Crippen LogP contribution in [0.3, 0.4) is 0 Å². The quantitative estimate of drug-likeness (QED) is 0.778. The lowest BCUT2D eigenvalue weighted by Crippen LogP contribution is -2.00. The standard InChI is InChI=1S/C16H16N2O/c1-12-6-7-17-14(8-12)10-18-9-13(11-19)15-4-2-3-5-16(15)18/h2-9,19H,10-11H2,1H3. The van der Waals surface area contributed by atoms with Gasteiger partial charge in [0.05, 0.1) is 18.8 Å². The molecule has 2 aromatic heterocycles. The summed E-state index contributed by atoms with van der Waals surface area (Å²) in [6.45, 7) is 2.86. The molecule has 0 amide bonds. The van der Waals surface area contributed by atoms with Gasteiger partial charge in [-0.2, -0.15) is 0 Å². The Bertz CT molecular complexity index is 716.